The van der Waals surface area contributed by atoms with E-state index < -0.39 is 11.9 Å². The molecule has 52 heavy (non-hydrogen) atoms. The van der Waals surface area contributed by atoms with Gasteiger partial charge in [0.25, 0.3) is 0 Å². The zero-order chi connectivity index (χ0) is 36.5. The summed E-state index contributed by atoms with van der Waals surface area (Å²) in [6.45, 7) is 8.48. The Morgan fingerprint density at radius 1 is 0.519 bits per heavy atom. The number of carbonyl (C=O) groups is 2. The van der Waals surface area contributed by atoms with Gasteiger partial charge in [0, 0.05) is 11.1 Å². The van der Waals surface area contributed by atoms with E-state index in [1.165, 1.54) is 101 Å². The summed E-state index contributed by atoms with van der Waals surface area (Å²) in [5.74, 6) is 3.05. The molecule has 0 atom stereocenters. The molecule has 0 heterocycles. The summed E-state index contributed by atoms with van der Waals surface area (Å²) in [6.07, 6.45) is 18.1. The number of esters is 2. The normalized spacial score (nSPS) is 20.3. The fraction of sp³-hybridized carbons (Fsp3) is 0.458. The molecule has 4 nitrogen and oxygen atoms in total. The van der Waals surface area contributed by atoms with Gasteiger partial charge in [-0.15, -0.1) is 0 Å². The molecule has 2 saturated carbocycles. The van der Waals surface area contributed by atoms with E-state index >= 15 is 0 Å². The molecular formula is C48H58O4. The summed E-state index contributed by atoms with van der Waals surface area (Å²) < 4.78 is 12.0. The van der Waals surface area contributed by atoms with Crippen molar-refractivity contribution in [1.29, 1.82) is 0 Å². The number of ether oxygens (including phenoxy) is 2. The Bertz CT molecular complexity index is 1640. The van der Waals surface area contributed by atoms with Gasteiger partial charge < -0.3 is 9.47 Å². The minimum absolute atomic E-state index is 0.423. The number of aryl methyl sites for hydroxylation is 2. The van der Waals surface area contributed by atoms with E-state index in [0.717, 1.165) is 23.0 Å². The molecule has 0 radical (unpaired) electrons. The molecule has 0 saturated heterocycles. The fourth-order valence-corrected chi connectivity index (χ4v) is 8.83. The van der Waals surface area contributed by atoms with Crippen molar-refractivity contribution in [2.75, 3.05) is 0 Å². The Kier molecular flexibility index (Phi) is 13.0. The van der Waals surface area contributed by atoms with Gasteiger partial charge in [-0.2, -0.15) is 0 Å². The third-order valence-corrected chi connectivity index (χ3v) is 12.0. The van der Waals surface area contributed by atoms with Gasteiger partial charge in [-0.1, -0.05) is 101 Å². The molecule has 4 aromatic rings. The Morgan fingerprint density at radius 2 is 0.885 bits per heavy atom. The zero-order valence-corrected chi connectivity index (χ0v) is 31.9. The van der Waals surface area contributed by atoms with E-state index in [1.807, 2.05) is 62.4 Å². The minimum atomic E-state index is -0.444. The van der Waals surface area contributed by atoms with Crippen LogP contribution >= 0.6 is 0 Å². The Balaban J connectivity index is 1.14. The summed E-state index contributed by atoms with van der Waals surface area (Å²) in [7, 11) is 0. The van der Waals surface area contributed by atoms with Crippen LogP contribution in [0.4, 0.5) is 0 Å². The lowest BCUT2D eigenvalue weighted by molar-refractivity contribution is 0.0723. The largest absolute Gasteiger partial charge is 0.423 e. The van der Waals surface area contributed by atoms with Crippen molar-refractivity contribution in [2.24, 2.45) is 11.8 Å². The molecule has 2 aliphatic carbocycles. The quantitative estimate of drug-likeness (QED) is 0.103. The summed E-state index contributed by atoms with van der Waals surface area (Å²) in [5, 5.41) is 0. The molecule has 4 heteroatoms. The van der Waals surface area contributed by atoms with Crippen LogP contribution in [0.25, 0.3) is 11.1 Å². The van der Waals surface area contributed by atoms with Crippen LogP contribution in [-0.2, 0) is 0 Å². The van der Waals surface area contributed by atoms with E-state index in [0.29, 0.717) is 45.6 Å². The van der Waals surface area contributed by atoms with Crippen LogP contribution in [-0.4, -0.2) is 11.9 Å². The van der Waals surface area contributed by atoms with Gasteiger partial charge in [-0.25, -0.2) is 9.59 Å². The molecule has 0 spiro atoms. The first-order valence-electron chi connectivity index (χ1n) is 20.2. The van der Waals surface area contributed by atoms with Crippen molar-refractivity contribution in [3.05, 3.63) is 118 Å². The Labute approximate surface area is 312 Å². The van der Waals surface area contributed by atoms with Crippen LogP contribution in [0.3, 0.4) is 0 Å². The molecule has 2 aliphatic rings. The van der Waals surface area contributed by atoms with Gasteiger partial charge in [0.2, 0.25) is 0 Å². The van der Waals surface area contributed by atoms with Crippen molar-refractivity contribution in [3.63, 3.8) is 0 Å². The summed E-state index contributed by atoms with van der Waals surface area (Å²) in [4.78, 5) is 27.7. The Hall–Kier alpha value is -4.18. The maximum atomic E-state index is 13.8. The minimum Gasteiger partial charge on any atom is -0.423 e. The topological polar surface area (TPSA) is 52.6 Å². The molecule has 0 N–H and O–H groups in total. The molecular weight excluding hydrogens is 641 g/mol. The molecule has 6 rings (SSSR count). The third-order valence-electron chi connectivity index (χ3n) is 12.0. The van der Waals surface area contributed by atoms with Gasteiger partial charge in [0.1, 0.15) is 11.5 Å². The first-order valence-corrected chi connectivity index (χ1v) is 20.2. The lowest BCUT2D eigenvalue weighted by Gasteiger charge is -2.28. The second-order valence-electron chi connectivity index (χ2n) is 15.6. The molecule has 0 bridgehead atoms. The summed E-state index contributed by atoms with van der Waals surface area (Å²) in [6, 6.07) is 27.4. The highest BCUT2D eigenvalue weighted by atomic mass is 16.5. The third kappa shape index (κ3) is 9.24. The maximum absolute atomic E-state index is 13.8. The van der Waals surface area contributed by atoms with Gasteiger partial charge in [0.05, 0.1) is 11.1 Å². The van der Waals surface area contributed by atoms with E-state index in [-0.39, 0.29) is 0 Å². The first kappa shape index (κ1) is 37.6. The maximum Gasteiger partial charge on any atom is 0.344 e. The van der Waals surface area contributed by atoms with E-state index in [9.17, 15) is 9.59 Å². The first-order chi connectivity index (χ1) is 25.3. The molecule has 0 unspecified atom stereocenters. The number of benzene rings is 4. The molecule has 0 aliphatic heterocycles. The molecule has 2 fully saturated rings. The van der Waals surface area contributed by atoms with Crippen LogP contribution in [0.15, 0.2) is 84.9 Å². The van der Waals surface area contributed by atoms with Gasteiger partial charge in [-0.3, -0.25) is 0 Å². The molecule has 0 amide bonds. The molecule has 274 valence electrons. The van der Waals surface area contributed by atoms with Gasteiger partial charge in [0.15, 0.2) is 0 Å². The highest BCUT2D eigenvalue weighted by Gasteiger charge is 2.26. The number of unbranched alkanes of at least 4 members (excludes halogenated alkanes) is 2. The van der Waals surface area contributed by atoms with Crippen molar-refractivity contribution in [2.45, 2.75) is 129 Å². The second kappa shape index (κ2) is 18.0. The van der Waals surface area contributed by atoms with E-state index in [4.69, 9.17) is 9.47 Å². The predicted octanol–water partition coefficient (Wildman–Crippen LogP) is 13.3. The zero-order valence-electron chi connectivity index (χ0n) is 31.9. The standard InChI is InChI=1S/C48H58O4/c1-5-7-13-35-17-21-37(22-18-35)39-25-29-41(30-26-39)51-47(49)43-15-9-11-33(3)45(43)46-34(4)12-10-16-44(46)48(50)52-42-31-27-40(28-32-42)38-23-19-36(20-24-38)14-8-6-2/h9-12,15-16,25-32,35-38H,5-8,13-14,17-24H2,1-4H3. The SMILES string of the molecule is CCCCC1CCC(c2ccc(OC(=O)c3cccc(C)c3-c3c(C)cccc3C(=O)Oc3ccc(C4CCC(CCCC)CC4)cc3)cc2)CC1. The van der Waals surface area contributed by atoms with Crippen LogP contribution in [0.1, 0.15) is 159 Å². The predicted molar refractivity (Wildman–Crippen MR) is 213 cm³/mol. The van der Waals surface area contributed by atoms with E-state index in [2.05, 4.69) is 38.1 Å². The fourth-order valence-electron chi connectivity index (χ4n) is 8.83. The Morgan fingerprint density at radius 3 is 1.23 bits per heavy atom. The van der Waals surface area contributed by atoms with Crippen LogP contribution in [0.5, 0.6) is 11.5 Å². The van der Waals surface area contributed by atoms with Crippen molar-refractivity contribution in [1.82, 2.24) is 0 Å². The monoisotopic (exact) mass is 698 g/mol. The average molecular weight is 699 g/mol. The van der Waals surface area contributed by atoms with Gasteiger partial charge in [-0.05, 0) is 148 Å². The summed E-state index contributed by atoms with van der Waals surface area (Å²) >= 11 is 0. The van der Waals surface area contributed by atoms with Crippen LogP contribution < -0.4 is 9.47 Å². The molecule has 4 aromatic carbocycles. The van der Waals surface area contributed by atoms with Crippen LogP contribution in [0, 0.1) is 25.7 Å². The second-order valence-corrected chi connectivity index (χ2v) is 15.6. The number of rotatable bonds is 13. The van der Waals surface area contributed by atoms with Crippen LogP contribution in [0.2, 0.25) is 0 Å². The lowest BCUT2D eigenvalue weighted by atomic mass is 9.77. The number of carbonyl (C=O) groups excluding carboxylic acids is 2. The average Bonchev–Trinajstić information content (AvgIpc) is 3.17. The number of hydrogen-bond donors (Lipinski definition) is 0. The lowest BCUT2D eigenvalue weighted by Crippen LogP contribution is -2.15. The van der Waals surface area contributed by atoms with Crippen molar-refractivity contribution >= 4 is 11.9 Å². The highest BCUT2D eigenvalue weighted by molar-refractivity contribution is 6.05. The van der Waals surface area contributed by atoms with Crippen molar-refractivity contribution < 1.29 is 19.1 Å². The van der Waals surface area contributed by atoms with Gasteiger partial charge >= 0.3 is 11.9 Å². The smallest absolute Gasteiger partial charge is 0.344 e. The number of hydrogen-bond acceptors (Lipinski definition) is 4. The highest BCUT2D eigenvalue weighted by Crippen LogP contribution is 2.40. The summed E-state index contributed by atoms with van der Waals surface area (Å²) in [5.41, 5.74) is 6.66. The van der Waals surface area contributed by atoms with Crippen molar-refractivity contribution in [3.8, 4) is 22.6 Å². The van der Waals surface area contributed by atoms with E-state index in [1.54, 1.807) is 12.1 Å². The molecule has 0 aromatic heterocycles.